The topological polar surface area (TPSA) is 64.2 Å². The molecule has 1 heterocycles. The molecular weight excluding hydrogens is 400 g/mol. The third-order valence-corrected chi connectivity index (χ3v) is 6.30. The lowest BCUT2D eigenvalue weighted by molar-refractivity contribution is -0.136. The Morgan fingerprint density at radius 1 is 1.07 bits per heavy atom. The molecule has 166 valence electrons. The van der Waals surface area contributed by atoms with Gasteiger partial charge in [0.2, 0.25) is 5.91 Å². The first-order valence-electron chi connectivity index (χ1n) is 10.5. The second-order valence-corrected chi connectivity index (χ2v) is 9.03. The predicted octanol–water partition coefficient (Wildman–Crippen LogP) is 2.03. The van der Waals surface area contributed by atoms with Crippen LogP contribution in [0, 0.1) is 0 Å². The smallest absolute Gasteiger partial charge is 0.320 e. The van der Waals surface area contributed by atoms with Crippen LogP contribution in [-0.2, 0) is 16.0 Å². The Balaban J connectivity index is 2.00. The Morgan fingerprint density at radius 3 is 2.30 bits per heavy atom. The quantitative estimate of drug-likeness (QED) is 0.626. The molecule has 1 aliphatic heterocycles. The van der Waals surface area contributed by atoms with Crippen molar-refractivity contribution >= 4 is 28.8 Å². The first kappa shape index (κ1) is 24.2. The SMILES string of the molecule is CC(=O)SCCN(CCc1ccccc1)C(=O)N(C)C(C)C(=O)N1CCN(C)CC1. The number of nitrogens with zero attached hydrogens (tertiary/aromatic N) is 4. The summed E-state index contributed by atoms with van der Waals surface area (Å²) >= 11 is 1.22. The van der Waals surface area contributed by atoms with Crippen molar-refractivity contribution in [1.29, 1.82) is 0 Å². The zero-order valence-corrected chi connectivity index (χ0v) is 19.4. The number of urea groups is 1. The van der Waals surface area contributed by atoms with Crippen LogP contribution in [0.15, 0.2) is 30.3 Å². The van der Waals surface area contributed by atoms with Crippen molar-refractivity contribution < 1.29 is 14.4 Å². The van der Waals surface area contributed by atoms with Gasteiger partial charge in [0, 0.05) is 59.0 Å². The third-order valence-electron chi connectivity index (χ3n) is 5.51. The molecule has 3 amide bonds. The van der Waals surface area contributed by atoms with Crippen molar-refractivity contribution in [2.45, 2.75) is 26.3 Å². The van der Waals surface area contributed by atoms with Crippen LogP contribution in [0.25, 0.3) is 0 Å². The molecule has 0 N–H and O–H groups in total. The van der Waals surface area contributed by atoms with E-state index in [4.69, 9.17) is 0 Å². The zero-order valence-electron chi connectivity index (χ0n) is 18.5. The van der Waals surface area contributed by atoms with Crippen LogP contribution in [-0.4, -0.2) is 102 Å². The summed E-state index contributed by atoms with van der Waals surface area (Å²) in [4.78, 5) is 44.7. The molecule has 1 aromatic carbocycles. The third kappa shape index (κ3) is 7.32. The summed E-state index contributed by atoms with van der Waals surface area (Å²) < 4.78 is 0. The summed E-state index contributed by atoms with van der Waals surface area (Å²) in [6, 6.07) is 9.30. The standard InChI is InChI=1S/C22H34N4O3S/c1-18(21(28)25-14-12-23(3)13-15-25)24(4)22(29)26(16-17-30-19(2)27)11-10-20-8-6-5-7-9-20/h5-9,18H,10-17H2,1-4H3. The Hall–Kier alpha value is -2.06. The molecule has 0 bridgehead atoms. The van der Waals surface area contributed by atoms with Gasteiger partial charge in [-0.05, 0) is 26.0 Å². The second-order valence-electron chi connectivity index (χ2n) is 7.76. The van der Waals surface area contributed by atoms with Crippen molar-refractivity contribution in [1.82, 2.24) is 19.6 Å². The monoisotopic (exact) mass is 434 g/mol. The van der Waals surface area contributed by atoms with Gasteiger partial charge >= 0.3 is 6.03 Å². The van der Waals surface area contributed by atoms with Crippen molar-refractivity contribution in [2.75, 3.05) is 59.1 Å². The van der Waals surface area contributed by atoms with Crippen molar-refractivity contribution in [2.24, 2.45) is 0 Å². The van der Waals surface area contributed by atoms with Crippen LogP contribution < -0.4 is 0 Å². The molecule has 1 unspecified atom stereocenters. The maximum absolute atomic E-state index is 13.2. The number of carbonyl (C=O) groups excluding carboxylic acids is 3. The fourth-order valence-electron chi connectivity index (χ4n) is 3.36. The largest absolute Gasteiger partial charge is 0.338 e. The van der Waals surface area contributed by atoms with Gasteiger partial charge in [-0.15, -0.1) is 0 Å². The number of carbonyl (C=O) groups is 3. The van der Waals surface area contributed by atoms with Crippen LogP contribution in [0.5, 0.6) is 0 Å². The van der Waals surface area contributed by atoms with E-state index in [2.05, 4.69) is 4.90 Å². The van der Waals surface area contributed by atoms with Gasteiger partial charge in [-0.25, -0.2) is 4.79 Å². The molecule has 7 nitrogen and oxygen atoms in total. The molecule has 1 aromatic rings. The van der Waals surface area contributed by atoms with Gasteiger partial charge in [0.25, 0.3) is 0 Å². The molecule has 1 aliphatic rings. The number of benzene rings is 1. The molecule has 1 fully saturated rings. The number of piperazine rings is 1. The highest BCUT2D eigenvalue weighted by atomic mass is 32.2. The van der Waals surface area contributed by atoms with Crippen LogP contribution in [0.4, 0.5) is 4.79 Å². The molecule has 0 saturated carbocycles. The highest BCUT2D eigenvalue weighted by Crippen LogP contribution is 2.11. The highest BCUT2D eigenvalue weighted by molar-refractivity contribution is 8.13. The maximum atomic E-state index is 13.2. The molecule has 0 spiro atoms. The normalized spacial score (nSPS) is 15.5. The van der Waals surface area contributed by atoms with Crippen LogP contribution >= 0.6 is 11.8 Å². The van der Waals surface area contributed by atoms with E-state index in [1.165, 1.54) is 23.6 Å². The molecule has 30 heavy (non-hydrogen) atoms. The van der Waals surface area contributed by atoms with Gasteiger partial charge in [0.15, 0.2) is 5.12 Å². The number of thioether (sulfide) groups is 1. The Kier molecular flexibility index (Phi) is 9.65. The Bertz CT molecular complexity index is 708. The van der Waals surface area contributed by atoms with E-state index >= 15 is 0 Å². The minimum absolute atomic E-state index is 0.0138. The van der Waals surface area contributed by atoms with E-state index in [0.717, 1.165) is 25.1 Å². The fraction of sp³-hybridized carbons (Fsp3) is 0.591. The number of rotatable bonds is 8. The van der Waals surface area contributed by atoms with Crippen LogP contribution in [0.3, 0.4) is 0 Å². The number of likely N-dealkylation sites (N-methyl/N-ethyl adjacent to an activating group) is 2. The van der Waals surface area contributed by atoms with Crippen LogP contribution in [0.1, 0.15) is 19.4 Å². The van der Waals surface area contributed by atoms with Crippen molar-refractivity contribution in [3.63, 3.8) is 0 Å². The molecule has 0 aliphatic carbocycles. The predicted molar refractivity (Wildman–Crippen MR) is 122 cm³/mol. The lowest BCUT2D eigenvalue weighted by atomic mass is 10.1. The van der Waals surface area contributed by atoms with Gasteiger partial charge < -0.3 is 19.6 Å². The summed E-state index contributed by atoms with van der Waals surface area (Å²) in [6.07, 6.45) is 0.728. The van der Waals surface area contributed by atoms with Gasteiger partial charge in [-0.3, -0.25) is 9.59 Å². The molecular formula is C22H34N4O3S. The number of amides is 3. The Labute approximate surface area is 184 Å². The summed E-state index contributed by atoms with van der Waals surface area (Å²) in [7, 11) is 3.74. The number of hydrogen-bond donors (Lipinski definition) is 0. The lowest BCUT2D eigenvalue weighted by Gasteiger charge is -2.37. The maximum Gasteiger partial charge on any atom is 0.320 e. The Morgan fingerprint density at radius 2 is 1.70 bits per heavy atom. The van der Waals surface area contributed by atoms with Crippen molar-refractivity contribution in [3.8, 4) is 0 Å². The molecule has 1 atom stereocenters. The van der Waals surface area contributed by atoms with E-state index in [9.17, 15) is 14.4 Å². The van der Waals surface area contributed by atoms with Gasteiger partial charge in [-0.2, -0.15) is 0 Å². The van der Waals surface area contributed by atoms with Crippen molar-refractivity contribution in [3.05, 3.63) is 35.9 Å². The average molecular weight is 435 g/mol. The highest BCUT2D eigenvalue weighted by Gasteiger charge is 2.30. The first-order valence-corrected chi connectivity index (χ1v) is 11.4. The van der Waals surface area contributed by atoms with Crippen LogP contribution in [0.2, 0.25) is 0 Å². The summed E-state index contributed by atoms with van der Waals surface area (Å²) in [5.41, 5.74) is 1.15. The van der Waals surface area contributed by atoms with E-state index < -0.39 is 6.04 Å². The summed E-state index contributed by atoms with van der Waals surface area (Å²) in [6.45, 7) is 7.41. The molecule has 8 heteroatoms. The lowest BCUT2D eigenvalue weighted by Crippen LogP contribution is -2.55. The fourth-order valence-corrected chi connectivity index (χ4v) is 3.96. The molecule has 0 aromatic heterocycles. The second kappa shape index (κ2) is 12.0. The molecule has 1 saturated heterocycles. The molecule has 0 radical (unpaired) electrons. The average Bonchev–Trinajstić information content (AvgIpc) is 2.75. The van der Waals surface area contributed by atoms with Gasteiger partial charge in [-0.1, -0.05) is 42.1 Å². The van der Waals surface area contributed by atoms with E-state index in [1.807, 2.05) is 42.3 Å². The van der Waals surface area contributed by atoms with E-state index in [-0.39, 0.29) is 17.1 Å². The molecule has 2 rings (SSSR count). The van der Waals surface area contributed by atoms with E-state index in [1.54, 1.807) is 18.9 Å². The zero-order chi connectivity index (χ0) is 22.1. The number of hydrogen-bond acceptors (Lipinski definition) is 5. The van der Waals surface area contributed by atoms with Gasteiger partial charge in [0.05, 0.1) is 0 Å². The first-order chi connectivity index (χ1) is 14.3. The summed E-state index contributed by atoms with van der Waals surface area (Å²) in [5.74, 6) is 0.532. The minimum atomic E-state index is -0.527. The summed E-state index contributed by atoms with van der Waals surface area (Å²) in [5, 5.41) is 0.0393. The van der Waals surface area contributed by atoms with E-state index in [0.29, 0.717) is 31.9 Å². The minimum Gasteiger partial charge on any atom is -0.338 e. The van der Waals surface area contributed by atoms with Gasteiger partial charge in [0.1, 0.15) is 6.04 Å².